The highest BCUT2D eigenvalue weighted by Gasteiger charge is 2.46. The molecule has 1 heterocycles. The van der Waals surface area contributed by atoms with E-state index in [0.29, 0.717) is 34.3 Å². The summed E-state index contributed by atoms with van der Waals surface area (Å²) in [6.07, 6.45) is 0. The van der Waals surface area contributed by atoms with Gasteiger partial charge in [0.15, 0.2) is 0 Å². The van der Waals surface area contributed by atoms with Gasteiger partial charge in [-0.05, 0) is 59.8 Å². The van der Waals surface area contributed by atoms with Gasteiger partial charge in [-0.2, -0.15) is 0 Å². The molecule has 36 heavy (non-hydrogen) atoms. The number of methoxy groups -OCH3 is 1. The van der Waals surface area contributed by atoms with Gasteiger partial charge in [-0.25, -0.2) is 0 Å². The number of carbonyl (C=O) groups excluding carboxylic acids is 2. The van der Waals surface area contributed by atoms with E-state index >= 15 is 0 Å². The fraction of sp³-hybridized carbons (Fsp3) is 0.286. The Morgan fingerprint density at radius 3 is 2.33 bits per heavy atom. The Balaban J connectivity index is 1.83. The Morgan fingerprint density at radius 1 is 0.972 bits per heavy atom. The summed E-state index contributed by atoms with van der Waals surface area (Å²) >= 11 is 12.4. The van der Waals surface area contributed by atoms with Crippen LogP contribution in [0, 0.1) is 0 Å². The number of nitrogens with zero attached hydrogens (tertiary/aromatic N) is 2. The SMILES string of the molecule is CCN(CC)CCN1C(=O)C(=O)/C(=C(/O)c2ccc3cc(OC)ccc3c2)C1c1ccc(Cl)c(Cl)c1. The monoisotopic (exact) mass is 526 g/mol. The number of hydrogen-bond acceptors (Lipinski definition) is 5. The molecular formula is C28H28Cl2N2O4. The summed E-state index contributed by atoms with van der Waals surface area (Å²) in [4.78, 5) is 30.2. The number of amides is 1. The number of ether oxygens (including phenoxy) is 1. The summed E-state index contributed by atoms with van der Waals surface area (Å²) < 4.78 is 5.29. The third-order valence-corrected chi connectivity index (χ3v) is 7.41. The van der Waals surface area contributed by atoms with Crippen LogP contribution in [-0.2, 0) is 9.59 Å². The average Bonchev–Trinajstić information content (AvgIpc) is 3.14. The van der Waals surface area contributed by atoms with E-state index < -0.39 is 17.7 Å². The third kappa shape index (κ3) is 4.94. The fourth-order valence-electron chi connectivity index (χ4n) is 4.58. The number of aliphatic hydroxyl groups excluding tert-OH is 1. The molecule has 1 aliphatic heterocycles. The predicted molar refractivity (Wildman–Crippen MR) is 144 cm³/mol. The summed E-state index contributed by atoms with van der Waals surface area (Å²) in [5.74, 6) is -0.881. The highest BCUT2D eigenvalue weighted by molar-refractivity contribution is 6.47. The number of hydrogen-bond donors (Lipinski definition) is 1. The van der Waals surface area contributed by atoms with Crippen LogP contribution in [0.15, 0.2) is 60.2 Å². The van der Waals surface area contributed by atoms with Crippen molar-refractivity contribution in [3.05, 3.63) is 81.3 Å². The predicted octanol–water partition coefficient (Wildman–Crippen LogP) is 5.92. The van der Waals surface area contributed by atoms with Gasteiger partial charge >= 0.3 is 0 Å². The normalized spacial score (nSPS) is 17.4. The van der Waals surface area contributed by atoms with E-state index in [1.54, 1.807) is 37.4 Å². The molecule has 0 bridgehead atoms. The van der Waals surface area contributed by atoms with Crippen molar-refractivity contribution in [2.75, 3.05) is 33.3 Å². The van der Waals surface area contributed by atoms with Crippen LogP contribution in [0.1, 0.15) is 31.0 Å². The molecule has 0 aliphatic carbocycles. The van der Waals surface area contributed by atoms with Crippen molar-refractivity contribution in [1.82, 2.24) is 9.80 Å². The Labute approximate surface area is 220 Å². The van der Waals surface area contributed by atoms with Crippen LogP contribution in [0.4, 0.5) is 0 Å². The lowest BCUT2D eigenvalue weighted by molar-refractivity contribution is -0.140. The molecule has 1 atom stereocenters. The first-order valence-electron chi connectivity index (χ1n) is 11.8. The summed E-state index contributed by atoms with van der Waals surface area (Å²) in [5.41, 5.74) is 1.08. The molecule has 0 spiro atoms. The van der Waals surface area contributed by atoms with E-state index in [2.05, 4.69) is 4.90 Å². The van der Waals surface area contributed by atoms with Crippen LogP contribution >= 0.6 is 23.2 Å². The molecule has 1 N–H and O–H groups in total. The molecule has 0 saturated carbocycles. The lowest BCUT2D eigenvalue weighted by Crippen LogP contribution is -2.38. The second-order valence-electron chi connectivity index (χ2n) is 8.62. The highest BCUT2D eigenvalue weighted by Crippen LogP contribution is 2.41. The molecule has 188 valence electrons. The van der Waals surface area contributed by atoms with Gasteiger partial charge in [0, 0.05) is 18.7 Å². The molecule has 0 radical (unpaired) electrons. The highest BCUT2D eigenvalue weighted by atomic mass is 35.5. The molecule has 0 aromatic heterocycles. The topological polar surface area (TPSA) is 70.1 Å². The van der Waals surface area contributed by atoms with E-state index in [0.717, 1.165) is 29.6 Å². The lowest BCUT2D eigenvalue weighted by atomic mass is 9.94. The van der Waals surface area contributed by atoms with Crippen molar-refractivity contribution in [2.45, 2.75) is 19.9 Å². The smallest absolute Gasteiger partial charge is 0.295 e. The second kappa shape index (κ2) is 10.9. The quantitative estimate of drug-likeness (QED) is 0.224. The average molecular weight is 527 g/mol. The first-order valence-corrected chi connectivity index (χ1v) is 12.6. The van der Waals surface area contributed by atoms with E-state index in [1.807, 2.05) is 38.1 Å². The molecule has 3 aromatic rings. The van der Waals surface area contributed by atoms with Crippen LogP contribution in [0.3, 0.4) is 0 Å². The van der Waals surface area contributed by atoms with Crippen LogP contribution in [0.5, 0.6) is 5.75 Å². The number of Topliss-reactive ketones (excluding diaryl/α,β-unsaturated/α-hetero) is 1. The van der Waals surface area contributed by atoms with Crippen LogP contribution in [0.25, 0.3) is 16.5 Å². The number of likely N-dealkylation sites (tertiary alicyclic amines) is 1. The van der Waals surface area contributed by atoms with Gasteiger partial charge in [-0.1, -0.05) is 61.3 Å². The standard InChI is InChI=1S/C28H28Cl2N2O4/c1-4-31(5-2)12-13-32-25(19-9-11-22(29)23(30)16-19)24(27(34)28(32)35)26(33)20-7-6-18-15-21(36-3)10-8-17(18)14-20/h6-11,14-16,25,33H,4-5,12-13H2,1-3H3/b26-24+. The number of halogens is 2. The van der Waals surface area contributed by atoms with Crippen molar-refractivity contribution in [3.63, 3.8) is 0 Å². The van der Waals surface area contributed by atoms with Crippen LogP contribution in [-0.4, -0.2) is 59.9 Å². The van der Waals surface area contributed by atoms with Crippen molar-refractivity contribution in [2.24, 2.45) is 0 Å². The minimum Gasteiger partial charge on any atom is -0.507 e. The summed E-state index contributed by atoms with van der Waals surface area (Å²) in [6, 6.07) is 15.2. The van der Waals surface area contributed by atoms with Crippen LogP contribution in [0.2, 0.25) is 10.0 Å². The lowest BCUT2D eigenvalue weighted by Gasteiger charge is -2.28. The number of ketones is 1. The zero-order valence-corrected chi connectivity index (χ0v) is 21.9. The minimum absolute atomic E-state index is 0.0331. The van der Waals surface area contributed by atoms with Crippen molar-refractivity contribution in [3.8, 4) is 5.75 Å². The Morgan fingerprint density at radius 2 is 1.67 bits per heavy atom. The first-order chi connectivity index (χ1) is 17.3. The number of aliphatic hydroxyl groups is 1. The van der Waals surface area contributed by atoms with Crippen molar-refractivity contribution < 1.29 is 19.4 Å². The molecule has 3 aromatic carbocycles. The number of fused-ring (bicyclic) bond motifs is 1. The molecule has 8 heteroatoms. The Bertz CT molecular complexity index is 1350. The molecule has 4 rings (SSSR count). The van der Waals surface area contributed by atoms with Gasteiger partial charge in [-0.3, -0.25) is 9.59 Å². The molecule has 1 aliphatic rings. The summed E-state index contributed by atoms with van der Waals surface area (Å²) in [7, 11) is 1.60. The third-order valence-electron chi connectivity index (χ3n) is 6.67. The number of benzene rings is 3. The zero-order valence-electron chi connectivity index (χ0n) is 20.4. The second-order valence-corrected chi connectivity index (χ2v) is 9.44. The van der Waals surface area contributed by atoms with Crippen LogP contribution < -0.4 is 4.74 Å². The van der Waals surface area contributed by atoms with Crippen molar-refractivity contribution in [1.29, 1.82) is 0 Å². The van der Waals surface area contributed by atoms with Gasteiger partial charge in [-0.15, -0.1) is 0 Å². The van der Waals surface area contributed by atoms with E-state index in [-0.39, 0.29) is 11.3 Å². The van der Waals surface area contributed by atoms with Gasteiger partial charge in [0.2, 0.25) is 0 Å². The number of likely N-dealkylation sites (N-methyl/N-ethyl adjacent to an activating group) is 1. The van der Waals surface area contributed by atoms with E-state index in [1.165, 1.54) is 4.90 Å². The maximum absolute atomic E-state index is 13.3. The first kappa shape index (κ1) is 26.0. The Hall–Kier alpha value is -3.06. The largest absolute Gasteiger partial charge is 0.507 e. The Kier molecular flexibility index (Phi) is 7.88. The molecule has 1 saturated heterocycles. The summed E-state index contributed by atoms with van der Waals surface area (Å²) in [5, 5.41) is 13.9. The number of carbonyl (C=O) groups is 2. The fourth-order valence-corrected chi connectivity index (χ4v) is 4.89. The molecule has 1 unspecified atom stereocenters. The maximum Gasteiger partial charge on any atom is 0.295 e. The number of rotatable bonds is 8. The zero-order chi connectivity index (χ0) is 26.0. The van der Waals surface area contributed by atoms with Gasteiger partial charge in [0.1, 0.15) is 11.5 Å². The molecule has 1 amide bonds. The molecule has 6 nitrogen and oxygen atoms in total. The van der Waals surface area contributed by atoms with Crippen molar-refractivity contribution >= 4 is 51.4 Å². The van der Waals surface area contributed by atoms with E-state index in [9.17, 15) is 14.7 Å². The van der Waals surface area contributed by atoms with E-state index in [4.69, 9.17) is 27.9 Å². The van der Waals surface area contributed by atoms with Gasteiger partial charge in [0.25, 0.3) is 11.7 Å². The van der Waals surface area contributed by atoms with Gasteiger partial charge < -0.3 is 19.6 Å². The van der Waals surface area contributed by atoms with Gasteiger partial charge in [0.05, 0.1) is 28.8 Å². The molecular weight excluding hydrogens is 499 g/mol. The maximum atomic E-state index is 13.3. The summed E-state index contributed by atoms with van der Waals surface area (Å²) in [6.45, 7) is 6.65. The minimum atomic E-state index is -0.790. The molecule has 1 fully saturated rings.